The molecule has 1 aromatic rings. The standard InChI is InChI=1S/C17H28O6/c1-9(19-5)13-14(10(2)20-6)16(12(4)22-8)23-17(18)15(13)11(3)21-7/h9-12H,1-8H3. The molecule has 1 rings (SSSR count). The fraction of sp³-hybridized carbons (Fsp3) is 0.706. The minimum absolute atomic E-state index is 0.289. The molecule has 6 heteroatoms. The van der Waals surface area contributed by atoms with Crippen LogP contribution in [0.3, 0.4) is 0 Å². The molecule has 0 aliphatic heterocycles. The molecule has 1 heterocycles. The van der Waals surface area contributed by atoms with E-state index in [1.807, 2.05) is 20.8 Å². The Hall–Kier alpha value is -1.21. The molecule has 0 aromatic carbocycles. The van der Waals surface area contributed by atoms with Gasteiger partial charge < -0.3 is 23.4 Å². The first kappa shape index (κ1) is 19.8. The number of hydrogen-bond donors (Lipinski definition) is 0. The molecule has 23 heavy (non-hydrogen) atoms. The lowest BCUT2D eigenvalue weighted by molar-refractivity contribution is 0.0660. The maximum atomic E-state index is 12.6. The molecule has 0 N–H and O–H groups in total. The van der Waals surface area contributed by atoms with E-state index in [0.717, 1.165) is 11.1 Å². The number of ether oxygens (including phenoxy) is 4. The van der Waals surface area contributed by atoms with Gasteiger partial charge in [-0.2, -0.15) is 0 Å². The van der Waals surface area contributed by atoms with Gasteiger partial charge in [0.25, 0.3) is 0 Å². The van der Waals surface area contributed by atoms with Gasteiger partial charge in [0.15, 0.2) is 0 Å². The topological polar surface area (TPSA) is 67.1 Å². The lowest BCUT2D eigenvalue weighted by Gasteiger charge is -2.27. The van der Waals surface area contributed by atoms with Gasteiger partial charge in [0.05, 0.1) is 23.9 Å². The largest absolute Gasteiger partial charge is 0.424 e. The molecular formula is C17H28O6. The Labute approximate surface area is 137 Å². The third-order valence-corrected chi connectivity index (χ3v) is 4.27. The summed E-state index contributed by atoms with van der Waals surface area (Å²) in [4.78, 5) is 12.6. The lowest BCUT2D eigenvalue weighted by Crippen LogP contribution is -2.24. The molecule has 0 spiro atoms. The molecule has 0 bridgehead atoms. The molecule has 0 fully saturated rings. The Bertz CT molecular complexity index is 565. The highest BCUT2D eigenvalue weighted by Crippen LogP contribution is 2.37. The molecule has 0 radical (unpaired) electrons. The zero-order valence-electron chi connectivity index (χ0n) is 15.3. The first-order chi connectivity index (χ1) is 10.8. The van der Waals surface area contributed by atoms with Crippen LogP contribution in [0.1, 0.15) is 74.6 Å². The van der Waals surface area contributed by atoms with E-state index < -0.39 is 11.7 Å². The number of hydrogen-bond acceptors (Lipinski definition) is 6. The van der Waals surface area contributed by atoms with Crippen molar-refractivity contribution in [3.05, 3.63) is 32.9 Å². The lowest BCUT2D eigenvalue weighted by atomic mass is 9.91. The van der Waals surface area contributed by atoms with Gasteiger partial charge in [-0.25, -0.2) is 4.79 Å². The molecule has 0 aliphatic rings. The van der Waals surface area contributed by atoms with E-state index in [1.165, 1.54) is 0 Å². The van der Waals surface area contributed by atoms with Crippen LogP contribution >= 0.6 is 0 Å². The Morgan fingerprint density at radius 1 is 0.652 bits per heavy atom. The fourth-order valence-corrected chi connectivity index (χ4v) is 2.60. The van der Waals surface area contributed by atoms with Crippen molar-refractivity contribution >= 4 is 0 Å². The van der Waals surface area contributed by atoms with Crippen LogP contribution in [0.2, 0.25) is 0 Å². The van der Waals surface area contributed by atoms with Crippen LogP contribution in [0.4, 0.5) is 0 Å². The van der Waals surface area contributed by atoms with Gasteiger partial charge in [-0.05, 0) is 27.7 Å². The second-order valence-electron chi connectivity index (χ2n) is 5.51. The van der Waals surface area contributed by atoms with Crippen LogP contribution in [-0.2, 0) is 18.9 Å². The van der Waals surface area contributed by atoms with Gasteiger partial charge in [-0.15, -0.1) is 0 Å². The van der Waals surface area contributed by atoms with Crippen LogP contribution < -0.4 is 5.63 Å². The van der Waals surface area contributed by atoms with Crippen LogP contribution in [0, 0.1) is 0 Å². The van der Waals surface area contributed by atoms with E-state index in [9.17, 15) is 4.79 Å². The van der Waals surface area contributed by atoms with Gasteiger partial charge in [0.1, 0.15) is 11.9 Å². The summed E-state index contributed by atoms with van der Waals surface area (Å²) in [7, 11) is 6.33. The maximum Gasteiger partial charge on any atom is 0.342 e. The molecule has 0 aliphatic carbocycles. The average Bonchev–Trinajstić information content (AvgIpc) is 2.57. The fourth-order valence-electron chi connectivity index (χ4n) is 2.60. The van der Waals surface area contributed by atoms with E-state index in [-0.39, 0.29) is 18.3 Å². The Kier molecular flexibility index (Phi) is 7.41. The van der Waals surface area contributed by atoms with Gasteiger partial charge in [-0.3, -0.25) is 0 Å². The summed E-state index contributed by atoms with van der Waals surface area (Å²) in [6, 6.07) is 0. The normalized spacial score (nSPS) is 16.9. The summed E-state index contributed by atoms with van der Waals surface area (Å²) in [5.74, 6) is 0.456. The van der Waals surface area contributed by atoms with Crippen molar-refractivity contribution in [1.29, 1.82) is 0 Å². The summed E-state index contributed by atoms with van der Waals surface area (Å²) in [5.41, 5.74) is 1.53. The highest BCUT2D eigenvalue weighted by atomic mass is 16.5. The second kappa shape index (κ2) is 8.59. The summed E-state index contributed by atoms with van der Waals surface area (Å²) in [5, 5.41) is 0. The Morgan fingerprint density at radius 2 is 1.04 bits per heavy atom. The number of rotatable bonds is 8. The molecule has 4 unspecified atom stereocenters. The maximum absolute atomic E-state index is 12.6. The van der Waals surface area contributed by atoms with Crippen molar-refractivity contribution in [3.8, 4) is 0 Å². The number of methoxy groups -OCH3 is 4. The van der Waals surface area contributed by atoms with Gasteiger partial charge in [0, 0.05) is 39.6 Å². The minimum Gasteiger partial charge on any atom is -0.424 e. The molecule has 0 saturated heterocycles. The smallest absolute Gasteiger partial charge is 0.342 e. The highest BCUT2D eigenvalue weighted by Gasteiger charge is 2.31. The monoisotopic (exact) mass is 328 g/mol. The SMILES string of the molecule is COC(C)c1oc(=O)c(C(C)OC)c(C(C)OC)c1C(C)OC. The molecule has 1 aromatic heterocycles. The minimum atomic E-state index is -0.441. The predicted octanol–water partition coefficient (Wildman–Crippen LogP) is 3.47. The zero-order valence-corrected chi connectivity index (χ0v) is 15.3. The summed E-state index contributed by atoms with van der Waals surface area (Å²) in [6.07, 6.45) is -1.41. The molecule has 4 atom stereocenters. The molecule has 6 nitrogen and oxygen atoms in total. The van der Waals surface area contributed by atoms with Crippen LogP contribution in [0.25, 0.3) is 0 Å². The van der Waals surface area contributed by atoms with Gasteiger partial charge in [-0.1, -0.05) is 0 Å². The van der Waals surface area contributed by atoms with Crippen molar-refractivity contribution < 1.29 is 23.4 Å². The van der Waals surface area contributed by atoms with E-state index in [0.29, 0.717) is 11.3 Å². The van der Waals surface area contributed by atoms with E-state index >= 15 is 0 Å². The average molecular weight is 328 g/mol. The van der Waals surface area contributed by atoms with Crippen LogP contribution in [0.15, 0.2) is 9.21 Å². The quantitative estimate of drug-likeness (QED) is 0.728. The van der Waals surface area contributed by atoms with Crippen molar-refractivity contribution in [1.82, 2.24) is 0 Å². The third kappa shape index (κ3) is 4.01. The van der Waals surface area contributed by atoms with Crippen LogP contribution in [-0.4, -0.2) is 28.4 Å². The van der Waals surface area contributed by atoms with E-state index in [2.05, 4.69) is 0 Å². The zero-order chi connectivity index (χ0) is 17.7. The predicted molar refractivity (Wildman–Crippen MR) is 86.7 cm³/mol. The van der Waals surface area contributed by atoms with Crippen LogP contribution in [0.5, 0.6) is 0 Å². The third-order valence-electron chi connectivity index (χ3n) is 4.27. The van der Waals surface area contributed by atoms with E-state index in [1.54, 1.807) is 35.4 Å². The summed E-state index contributed by atoms with van der Waals surface area (Å²) in [6.45, 7) is 7.41. The Morgan fingerprint density at radius 3 is 1.48 bits per heavy atom. The van der Waals surface area contributed by atoms with Crippen molar-refractivity contribution in [3.63, 3.8) is 0 Å². The first-order valence-electron chi connectivity index (χ1n) is 7.65. The molecule has 132 valence electrons. The molecule has 0 amide bonds. The summed E-state index contributed by atoms with van der Waals surface area (Å²) >= 11 is 0. The highest BCUT2D eigenvalue weighted by molar-refractivity contribution is 5.40. The summed E-state index contributed by atoms with van der Waals surface area (Å²) < 4.78 is 27.3. The van der Waals surface area contributed by atoms with Crippen molar-refractivity contribution in [2.75, 3.05) is 28.4 Å². The van der Waals surface area contributed by atoms with Crippen molar-refractivity contribution in [2.24, 2.45) is 0 Å². The molecule has 0 saturated carbocycles. The molecular weight excluding hydrogens is 300 g/mol. The van der Waals surface area contributed by atoms with E-state index in [4.69, 9.17) is 23.4 Å². The Balaban J connectivity index is 3.85. The van der Waals surface area contributed by atoms with Gasteiger partial charge in [0.2, 0.25) is 0 Å². The second-order valence-corrected chi connectivity index (χ2v) is 5.51. The first-order valence-corrected chi connectivity index (χ1v) is 7.65. The van der Waals surface area contributed by atoms with Crippen molar-refractivity contribution in [2.45, 2.75) is 52.1 Å². The van der Waals surface area contributed by atoms with Gasteiger partial charge >= 0.3 is 5.63 Å².